The fourth-order valence-electron chi connectivity index (χ4n) is 2.04. The highest BCUT2D eigenvalue weighted by atomic mass is 16.5. The summed E-state index contributed by atoms with van der Waals surface area (Å²) in [6, 6.07) is 10.0. The van der Waals surface area contributed by atoms with Gasteiger partial charge in [0.2, 0.25) is 0 Å². The number of aryl methyl sites for hydroxylation is 1. The predicted molar refractivity (Wildman–Crippen MR) is 70.6 cm³/mol. The molecule has 0 saturated heterocycles. The van der Waals surface area contributed by atoms with Crippen LogP contribution in [0, 0.1) is 6.92 Å². The second-order valence-corrected chi connectivity index (χ2v) is 4.13. The smallest absolute Gasteiger partial charge is 0.177 e. The lowest BCUT2D eigenvalue weighted by Gasteiger charge is -2.07. The number of imidazole rings is 1. The van der Waals surface area contributed by atoms with Crippen LogP contribution in [0.2, 0.25) is 0 Å². The Bertz CT molecular complexity index is 703. The van der Waals surface area contributed by atoms with Crippen molar-refractivity contribution in [3.8, 4) is 16.9 Å². The van der Waals surface area contributed by atoms with Crippen LogP contribution in [0.5, 0.6) is 5.75 Å². The lowest BCUT2D eigenvalue weighted by molar-refractivity contribution is 0.415. The summed E-state index contributed by atoms with van der Waals surface area (Å²) in [5.41, 5.74) is 4.84. The topological polar surface area (TPSA) is 50.8 Å². The van der Waals surface area contributed by atoms with E-state index in [1.165, 1.54) is 0 Å². The van der Waals surface area contributed by atoms with Gasteiger partial charge in [-0.25, -0.2) is 9.97 Å². The summed E-state index contributed by atoms with van der Waals surface area (Å²) in [6.45, 7) is 1.99. The molecule has 3 aromatic rings. The van der Waals surface area contributed by atoms with Gasteiger partial charge in [0.25, 0.3) is 0 Å². The third-order valence-electron chi connectivity index (χ3n) is 2.98. The van der Waals surface area contributed by atoms with Gasteiger partial charge >= 0.3 is 0 Å². The molecule has 0 aliphatic heterocycles. The molecular formula is C14H13N3O. The molecule has 4 nitrogen and oxygen atoms in total. The highest BCUT2D eigenvalue weighted by molar-refractivity contribution is 5.79. The second-order valence-electron chi connectivity index (χ2n) is 4.13. The molecule has 18 heavy (non-hydrogen) atoms. The van der Waals surface area contributed by atoms with Crippen LogP contribution < -0.4 is 4.74 Å². The number of ether oxygens (including phenoxy) is 1. The van der Waals surface area contributed by atoms with Crippen LogP contribution >= 0.6 is 0 Å². The third kappa shape index (κ3) is 1.72. The number of fused-ring (bicyclic) bond motifs is 1. The third-order valence-corrected chi connectivity index (χ3v) is 2.98. The summed E-state index contributed by atoms with van der Waals surface area (Å²) in [5, 5.41) is 0. The predicted octanol–water partition coefficient (Wildman–Crippen LogP) is 2.94. The van der Waals surface area contributed by atoms with Crippen LogP contribution in [0.25, 0.3) is 22.3 Å². The first kappa shape index (κ1) is 10.8. The van der Waals surface area contributed by atoms with Crippen molar-refractivity contribution >= 4 is 11.2 Å². The number of methoxy groups -OCH3 is 1. The van der Waals surface area contributed by atoms with Gasteiger partial charge in [0.15, 0.2) is 5.65 Å². The SMILES string of the molecule is COc1cccc(-c2cc3[nH]cnc3nc2C)c1. The molecule has 0 aliphatic rings. The first-order valence-electron chi connectivity index (χ1n) is 5.73. The lowest BCUT2D eigenvalue weighted by Crippen LogP contribution is -1.90. The molecule has 0 unspecified atom stereocenters. The van der Waals surface area contributed by atoms with E-state index in [1.807, 2.05) is 25.1 Å². The van der Waals surface area contributed by atoms with Gasteiger partial charge in [-0.2, -0.15) is 0 Å². The maximum absolute atomic E-state index is 5.25. The van der Waals surface area contributed by atoms with Gasteiger partial charge in [-0.1, -0.05) is 12.1 Å². The number of hydrogen-bond donors (Lipinski definition) is 1. The van der Waals surface area contributed by atoms with E-state index < -0.39 is 0 Å². The molecule has 2 aromatic heterocycles. The normalized spacial score (nSPS) is 10.8. The number of rotatable bonds is 2. The van der Waals surface area contributed by atoms with Gasteiger partial charge in [-0.3, -0.25) is 0 Å². The Hall–Kier alpha value is -2.36. The average Bonchev–Trinajstić information content (AvgIpc) is 2.85. The van der Waals surface area contributed by atoms with Crippen molar-refractivity contribution in [2.24, 2.45) is 0 Å². The lowest BCUT2D eigenvalue weighted by atomic mass is 10.0. The number of benzene rings is 1. The van der Waals surface area contributed by atoms with Crippen molar-refractivity contribution in [3.63, 3.8) is 0 Å². The standard InChI is InChI=1S/C14H13N3O/c1-9-12(7-13-14(17-9)16-8-15-13)10-4-3-5-11(6-10)18-2/h3-8H,1-2H3,(H,15,16,17). The van der Waals surface area contributed by atoms with Gasteiger partial charge in [0.05, 0.1) is 19.0 Å². The van der Waals surface area contributed by atoms with Crippen molar-refractivity contribution in [2.75, 3.05) is 7.11 Å². The van der Waals surface area contributed by atoms with Crippen molar-refractivity contribution in [1.82, 2.24) is 15.0 Å². The van der Waals surface area contributed by atoms with E-state index in [0.29, 0.717) is 0 Å². The summed E-state index contributed by atoms with van der Waals surface area (Å²) >= 11 is 0. The summed E-state index contributed by atoms with van der Waals surface area (Å²) in [7, 11) is 1.67. The zero-order valence-electron chi connectivity index (χ0n) is 10.3. The zero-order valence-corrected chi connectivity index (χ0v) is 10.3. The van der Waals surface area contributed by atoms with Crippen molar-refractivity contribution in [1.29, 1.82) is 0 Å². The molecule has 90 valence electrons. The number of nitrogens with one attached hydrogen (secondary N) is 1. The van der Waals surface area contributed by atoms with E-state index in [4.69, 9.17) is 4.74 Å². The van der Waals surface area contributed by atoms with E-state index in [2.05, 4.69) is 27.1 Å². The summed E-state index contributed by atoms with van der Waals surface area (Å²) in [6.07, 6.45) is 1.66. The fourth-order valence-corrected chi connectivity index (χ4v) is 2.04. The molecule has 0 bridgehead atoms. The highest BCUT2D eigenvalue weighted by Crippen LogP contribution is 2.27. The van der Waals surface area contributed by atoms with E-state index >= 15 is 0 Å². The van der Waals surface area contributed by atoms with Crippen LogP contribution in [-0.4, -0.2) is 22.1 Å². The Labute approximate surface area is 105 Å². The van der Waals surface area contributed by atoms with Gasteiger partial charge in [-0.15, -0.1) is 0 Å². The number of aromatic amines is 1. The Morgan fingerprint density at radius 1 is 1.22 bits per heavy atom. The van der Waals surface area contributed by atoms with Crippen LogP contribution in [0.1, 0.15) is 5.69 Å². The minimum atomic E-state index is 0.749. The molecule has 2 heterocycles. The van der Waals surface area contributed by atoms with Crippen LogP contribution in [0.4, 0.5) is 0 Å². The number of aromatic nitrogens is 3. The van der Waals surface area contributed by atoms with Crippen LogP contribution in [-0.2, 0) is 0 Å². The zero-order chi connectivity index (χ0) is 12.5. The van der Waals surface area contributed by atoms with Gasteiger partial charge < -0.3 is 9.72 Å². The molecule has 1 aromatic carbocycles. The van der Waals surface area contributed by atoms with E-state index in [1.54, 1.807) is 13.4 Å². The molecule has 0 spiro atoms. The van der Waals surface area contributed by atoms with E-state index in [9.17, 15) is 0 Å². The summed E-state index contributed by atoms with van der Waals surface area (Å²) in [4.78, 5) is 11.7. The highest BCUT2D eigenvalue weighted by Gasteiger charge is 2.07. The molecule has 0 atom stereocenters. The first-order chi connectivity index (χ1) is 8.78. The molecule has 0 saturated carbocycles. The van der Waals surface area contributed by atoms with Gasteiger partial charge in [0, 0.05) is 11.3 Å². The molecule has 0 fully saturated rings. The fraction of sp³-hybridized carbons (Fsp3) is 0.143. The largest absolute Gasteiger partial charge is 0.497 e. The maximum atomic E-state index is 5.25. The average molecular weight is 239 g/mol. The number of hydrogen-bond acceptors (Lipinski definition) is 3. The Balaban J connectivity index is 2.20. The van der Waals surface area contributed by atoms with Crippen LogP contribution in [0.15, 0.2) is 36.7 Å². The molecule has 0 aliphatic carbocycles. The van der Waals surface area contributed by atoms with Gasteiger partial charge in [0.1, 0.15) is 5.75 Å². The van der Waals surface area contributed by atoms with Crippen molar-refractivity contribution < 1.29 is 4.74 Å². The molecule has 0 amide bonds. The van der Waals surface area contributed by atoms with E-state index in [-0.39, 0.29) is 0 Å². The summed E-state index contributed by atoms with van der Waals surface area (Å²) in [5.74, 6) is 0.844. The summed E-state index contributed by atoms with van der Waals surface area (Å²) < 4.78 is 5.25. The monoisotopic (exact) mass is 239 g/mol. The molecule has 4 heteroatoms. The quantitative estimate of drug-likeness (QED) is 0.748. The second kappa shape index (κ2) is 4.14. The van der Waals surface area contributed by atoms with Gasteiger partial charge in [-0.05, 0) is 30.7 Å². The van der Waals surface area contributed by atoms with E-state index in [0.717, 1.165) is 33.7 Å². The Morgan fingerprint density at radius 3 is 2.94 bits per heavy atom. The minimum Gasteiger partial charge on any atom is -0.497 e. The number of nitrogens with zero attached hydrogens (tertiary/aromatic N) is 2. The van der Waals surface area contributed by atoms with Crippen LogP contribution in [0.3, 0.4) is 0 Å². The Morgan fingerprint density at radius 2 is 2.11 bits per heavy atom. The van der Waals surface area contributed by atoms with Crippen molar-refractivity contribution in [3.05, 3.63) is 42.4 Å². The van der Waals surface area contributed by atoms with Crippen molar-refractivity contribution in [2.45, 2.75) is 6.92 Å². The molecule has 1 N–H and O–H groups in total. The molecular weight excluding hydrogens is 226 g/mol. The molecule has 3 rings (SSSR count). The Kier molecular flexibility index (Phi) is 2.48. The maximum Gasteiger partial charge on any atom is 0.177 e. The molecule has 0 radical (unpaired) electrons. The minimum absolute atomic E-state index is 0.749. The number of H-pyrrole nitrogens is 1. The number of pyridine rings is 1. The first-order valence-corrected chi connectivity index (χ1v) is 5.73.